The second kappa shape index (κ2) is 8.07. The van der Waals surface area contributed by atoms with Gasteiger partial charge in [-0.2, -0.15) is 0 Å². The number of aryl methyl sites for hydroxylation is 1. The van der Waals surface area contributed by atoms with E-state index < -0.39 is 0 Å². The molecule has 17 heavy (non-hydrogen) atoms. The fraction of sp³-hybridized carbons (Fsp3) is 0.571. The first-order chi connectivity index (χ1) is 8.25. The molecule has 0 aliphatic heterocycles. The van der Waals surface area contributed by atoms with Crippen LogP contribution >= 0.6 is 0 Å². The Hall–Kier alpha value is -1.09. The maximum absolute atomic E-state index is 13.5. The summed E-state index contributed by atoms with van der Waals surface area (Å²) in [6, 6.07) is 5.25. The molecule has 1 aromatic rings. The number of nitrogens with one attached hydrogen (secondary N) is 1. The number of benzene rings is 1. The zero-order chi connectivity index (χ0) is 12.5. The number of unbranched alkanes of at least 4 members (excludes halogenated alkanes) is 3. The van der Waals surface area contributed by atoms with E-state index in [1.807, 2.05) is 13.1 Å². The van der Waals surface area contributed by atoms with Gasteiger partial charge in [0.25, 0.3) is 0 Å². The molecular formula is C14H22FNO. The molecule has 0 fully saturated rings. The first-order valence-electron chi connectivity index (χ1n) is 6.28. The zero-order valence-electron chi connectivity index (χ0n) is 10.8. The molecule has 2 nitrogen and oxygen atoms in total. The maximum atomic E-state index is 13.5. The van der Waals surface area contributed by atoms with Gasteiger partial charge in [-0.25, -0.2) is 4.39 Å². The Morgan fingerprint density at radius 2 is 1.94 bits per heavy atom. The van der Waals surface area contributed by atoms with Crippen LogP contribution in [0.5, 0.6) is 5.75 Å². The first kappa shape index (κ1) is 14.0. The standard InChI is InChI=1S/C14H22FNO/c1-12-8-7-9-13(14(12)15)17-11-6-4-3-5-10-16-2/h7-9,16H,3-6,10-11H2,1-2H3. The minimum absolute atomic E-state index is 0.234. The third-order valence-corrected chi connectivity index (χ3v) is 2.74. The molecule has 0 bridgehead atoms. The van der Waals surface area contributed by atoms with Gasteiger partial charge in [0, 0.05) is 0 Å². The van der Waals surface area contributed by atoms with Gasteiger partial charge in [0.2, 0.25) is 0 Å². The molecule has 0 aromatic heterocycles. The molecule has 0 unspecified atom stereocenters. The van der Waals surface area contributed by atoms with Gasteiger partial charge in [-0.15, -0.1) is 0 Å². The summed E-state index contributed by atoms with van der Waals surface area (Å²) in [5.74, 6) is 0.142. The molecule has 1 rings (SSSR count). The Labute approximate surface area is 103 Å². The number of hydrogen-bond acceptors (Lipinski definition) is 2. The second-order valence-electron chi connectivity index (χ2n) is 4.25. The van der Waals surface area contributed by atoms with Gasteiger partial charge in [-0.3, -0.25) is 0 Å². The first-order valence-corrected chi connectivity index (χ1v) is 6.28. The third-order valence-electron chi connectivity index (χ3n) is 2.74. The summed E-state index contributed by atoms with van der Waals surface area (Å²) in [4.78, 5) is 0. The predicted octanol–water partition coefficient (Wildman–Crippen LogP) is 3.29. The zero-order valence-corrected chi connectivity index (χ0v) is 10.8. The highest BCUT2D eigenvalue weighted by Crippen LogP contribution is 2.19. The highest BCUT2D eigenvalue weighted by molar-refractivity contribution is 5.29. The normalized spacial score (nSPS) is 10.5. The van der Waals surface area contributed by atoms with Gasteiger partial charge in [0.15, 0.2) is 11.6 Å². The molecule has 1 aromatic carbocycles. The van der Waals surface area contributed by atoms with E-state index in [4.69, 9.17) is 4.74 Å². The Morgan fingerprint density at radius 1 is 1.18 bits per heavy atom. The fourth-order valence-electron chi connectivity index (χ4n) is 1.67. The lowest BCUT2D eigenvalue weighted by molar-refractivity contribution is 0.289. The molecular weight excluding hydrogens is 217 g/mol. The van der Waals surface area contributed by atoms with Crippen LogP contribution < -0.4 is 10.1 Å². The van der Waals surface area contributed by atoms with Crippen molar-refractivity contribution in [1.82, 2.24) is 5.32 Å². The van der Waals surface area contributed by atoms with E-state index in [1.165, 1.54) is 12.8 Å². The summed E-state index contributed by atoms with van der Waals surface area (Å²) in [5.41, 5.74) is 0.636. The third kappa shape index (κ3) is 5.18. The molecule has 1 N–H and O–H groups in total. The second-order valence-corrected chi connectivity index (χ2v) is 4.25. The van der Waals surface area contributed by atoms with Gasteiger partial charge in [0.1, 0.15) is 0 Å². The molecule has 0 atom stereocenters. The average Bonchev–Trinajstić information content (AvgIpc) is 2.33. The maximum Gasteiger partial charge on any atom is 0.167 e. The lowest BCUT2D eigenvalue weighted by Crippen LogP contribution is -2.07. The van der Waals surface area contributed by atoms with E-state index in [9.17, 15) is 4.39 Å². The van der Waals surface area contributed by atoms with Crippen LogP contribution in [0.1, 0.15) is 31.2 Å². The van der Waals surface area contributed by atoms with Crippen LogP contribution in [-0.2, 0) is 0 Å². The summed E-state index contributed by atoms with van der Waals surface area (Å²) in [7, 11) is 1.96. The molecule has 0 spiro atoms. The quantitative estimate of drug-likeness (QED) is 0.703. The molecule has 3 heteroatoms. The minimum Gasteiger partial charge on any atom is -0.491 e. The van der Waals surface area contributed by atoms with Crippen molar-refractivity contribution in [1.29, 1.82) is 0 Å². The lowest BCUT2D eigenvalue weighted by atomic mass is 10.2. The number of halogens is 1. The summed E-state index contributed by atoms with van der Waals surface area (Å²) in [6.07, 6.45) is 4.50. The highest BCUT2D eigenvalue weighted by Gasteiger charge is 2.04. The lowest BCUT2D eigenvalue weighted by Gasteiger charge is -2.08. The van der Waals surface area contributed by atoms with Crippen molar-refractivity contribution in [2.75, 3.05) is 20.2 Å². The molecule has 0 aliphatic carbocycles. The highest BCUT2D eigenvalue weighted by atomic mass is 19.1. The number of ether oxygens (including phenoxy) is 1. The topological polar surface area (TPSA) is 21.3 Å². The largest absolute Gasteiger partial charge is 0.491 e. The molecule has 0 amide bonds. The van der Waals surface area contributed by atoms with Gasteiger partial charge >= 0.3 is 0 Å². The van der Waals surface area contributed by atoms with Crippen molar-refractivity contribution in [2.45, 2.75) is 32.6 Å². The van der Waals surface area contributed by atoms with Crippen LogP contribution in [0.25, 0.3) is 0 Å². The van der Waals surface area contributed by atoms with Crippen LogP contribution in [0.3, 0.4) is 0 Å². The van der Waals surface area contributed by atoms with Crippen LogP contribution in [-0.4, -0.2) is 20.2 Å². The molecule has 0 aliphatic rings. The average molecular weight is 239 g/mol. The minimum atomic E-state index is -0.234. The van der Waals surface area contributed by atoms with Gasteiger partial charge in [0.05, 0.1) is 6.61 Å². The van der Waals surface area contributed by atoms with E-state index in [0.717, 1.165) is 19.4 Å². The monoisotopic (exact) mass is 239 g/mol. The molecule has 0 saturated carbocycles. The van der Waals surface area contributed by atoms with E-state index in [2.05, 4.69) is 5.32 Å². The van der Waals surface area contributed by atoms with Crippen LogP contribution in [0.2, 0.25) is 0 Å². The Kier molecular flexibility index (Phi) is 6.63. The van der Waals surface area contributed by atoms with Crippen LogP contribution in [0.4, 0.5) is 4.39 Å². The van der Waals surface area contributed by atoms with E-state index in [-0.39, 0.29) is 5.82 Å². The van der Waals surface area contributed by atoms with Crippen LogP contribution in [0, 0.1) is 12.7 Å². The van der Waals surface area contributed by atoms with E-state index in [0.29, 0.717) is 17.9 Å². The SMILES string of the molecule is CNCCCCCCOc1cccc(C)c1F. The number of hydrogen-bond donors (Lipinski definition) is 1. The van der Waals surface area contributed by atoms with Gasteiger partial charge in [-0.1, -0.05) is 25.0 Å². The molecule has 0 radical (unpaired) electrons. The van der Waals surface area contributed by atoms with Crippen molar-refractivity contribution in [3.05, 3.63) is 29.6 Å². The van der Waals surface area contributed by atoms with Crippen molar-refractivity contribution >= 4 is 0 Å². The van der Waals surface area contributed by atoms with Crippen molar-refractivity contribution < 1.29 is 9.13 Å². The summed E-state index contributed by atoms with van der Waals surface area (Å²) in [5, 5.41) is 3.12. The smallest absolute Gasteiger partial charge is 0.167 e. The van der Waals surface area contributed by atoms with Crippen molar-refractivity contribution in [3.63, 3.8) is 0 Å². The Morgan fingerprint density at radius 3 is 2.71 bits per heavy atom. The Balaban J connectivity index is 2.16. The summed E-state index contributed by atoms with van der Waals surface area (Å²) >= 11 is 0. The van der Waals surface area contributed by atoms with Crippen molar-refractivity contribution in [3.8, 4) is 5.75 Å². The summed E-state index contributed by atoms with van der Waals surface area (Å²) < 4.78 is 19.0. The molecule has 96 valence electrons. The van der Waals surface area contributed by atoms with Crippen LogP contribution in [0.15, 0.2) is 18.2 Å². The predicted molar refractivity (Wildman–Crippen MR) is 69.0 cm³/mol. The van der Waals surface area contributed by atoms with E-state index in [1.54, 1.807) is 19.1 Å². The van der Waals surface area contributed by atoms with Gasteiger partial charge in [-0.05, 0) is 45.0 Å². The fourth-order valence-corrected chi connectivity index (χ4v) is 1.67. The van der Waals surface area contributed by atoms with E-state index >= 15 is 0 Å². The number of rotatable bonds is 8. The van der Waals surface area contributed by atoms with Gasteiger partial charge < -0.3 is 10.1 Å². The Bertz CT molecular complexity index is 328. The van der Waals surface area contributed by atoms with Crippen molar-refractivity contribution in [2.24, 2.45) is 0 Å². The molecule has 0 saturated heterocycles. The molecule has 0 heterocycles. The summed E-state index contributed by atoms with van der Waals surface area (Å²) in [6.45, 7) is 3.41.